The third-order valence-electron chi connectivity index (χ3n) is 4.05. The van der Waals surface area contributed by atoms with E-state index in [1.807, 2.05) is 6.92 Å². The van der Waals surface area contributed by atoms with E-state index in [0.29, 0.717) is 11.3 Å². The van der Waals surface area contributed by atoms with Crippen molar-refractivity contribution in [2.75, 3.05) is 5.32 Å². The molecule has 0 unspecified atom stereocenters. The first-order chi connectivity index (χ1) is 12.8. The van der Waals surface area contributed by atoms with Gasteiger partial charge in [0.1, 0.15) is 11.4 Å². The Labute approximate surface area is 152 Å². The number of rotatable bonds is 4. The maximum Gasteiger partial charge on any atom is 0.418 e. The van der Waals surface area contributed by atoms with Crippen LogP contribution < -0.4 is 5.32 Å². The van der Waals surface area contributed by atoms with Gasteiger partial charge < -0.3 is 10.4 Å². The fraction of sp³-hybridized carbons (Fsp3) is 0.158. The molecule has 0 radical (unpaired) electrons. The number of carbonyl (C=O) groups excluding carboxylic acids is 1. The molecule has 0 saturated carbocycles. The van der Waals surface area contributed by atoms with Crippen LogP contribution in [0.1, 0.15) is 28.5 Å². The number of carbonyl (C=O) groups is 1. The highest BCUT2D eigenvalue weighted by Crippen LogP contribution is 2.35. The number of alkyl halides is 3. The smallest absolute Gasteiger partial charge is 0.418 e. The number of aryl methyl sites for hydroxylation is 1. The number of halogens is 3. The van der Waals surface area contributed by atoms with Gasteiger partial charge in [-0.3, -0.25) is 9.89 Å². The SMILES string of the molecule is CCc1ccc(O)c(-c2cc(C(=O)Nc3ccccc3C(F)(F)F)[nH]n2)c1. The van der Waals surface area contributed by atoms with Crippen molar-refractivity contribution in [2.45, 2.75) is 19.5 Å². The number of para-hydroxylation sites is 1. The Hall–Kier alpha value is -3.29. The van der Waals surface area contributed by atoms with Crippen LogP contribution in [0.15, 0.2) is 48.5 Å². The summed E-state index contributed by atoms with van der Waals surface area (Å²) in [5, 5.41) is 18.7. The molecular weight excluding hydrogens is 359 g/mol. The van der Waals surface area contributed by atoms with Crippen LogP contribution in [0.5, 0.6) is 5.75 Å². The summed E-state index contributed by atoms with van der Waals surface area (Å²) in [5.41, 5.74) is 0.407. The minimum Gasteiger partial charge on any atom is -0.507 e. The van der Waals surface area contributed by atoms with E-state index >= 15 is 0 Å². The highest BCUT2D eigenvalue weighted by molar-refractivity contribution is 6.04. The first-order valence-corrected chi connectivity index (χ1v) is 8.15. The first-order valence-electron chi connectivity index (χ1n) is 8.15. The molecule has 3 N–H and O–H groups in total. The van der Waals surface area contributed by atoms with Crippen LogP contribution in [0.2, 0.25) is 0 Å². The number of phenols is 1. The van der Waals surface area contributed by atoms with Gasteiger partial charge in [0.25, 0.3) is 5.91 Å². The minimum atomic E-state index is -4.59. The number of hydrogen-bond donors (Lipinski definition) is 3. The number of aromatic amines is 1. The summed E-state index contributed by atoms with van der Waals surface area (Å²) in [5.74, 6) is -0.773. The normalized spacial score (nSPS) is 11.4. The van der Waals surface area contributed by atoms with Crippen LogP contribution >= 0.6 is 0 Å². The Bertz CT molecular complexity index is 980. The third-order valence-corrected chi connectivity index (χ3v) is 4.05. The fourth-order valence-electron chi connectivity index (χ4n) is 2.61. The summed E-state index contributed by atoms with van der Waals surface area (Å²) in [6, 6.07) is 11.1. The summed E-state index contributed by atoms with van der Waals surface area (Å²) in [6.45, 7) is 1.96. The van der Waals surface area contributed by atoms with Gasteiger partial charge in [-0.25, -0.2) is 0 Å². The van der Waals surface area contributed by atoms with Crippen molar-refractivity contribution >= 4 is 11.6 Å². The lowest BCUT2D eigenvalue weighted by Crippen LogP contribution is -2.16. The molecule has 0 aliphatic carbocycles. The van der Waals surface area contributed by atoms with Crippen LogP contribution in [-0.2, 0) is 12.6 Å². The van der Waals surface area contributed by atoms with Crippen molar-refractivity contribution in [3.63, 3.8) is 0 Å². The standard InChI is InChI=1S/C19H16F3N3O2/c1-2-11-7-8-17(26)12(9-11)15-10-16(25-24-15)18(27)23-14-6-4-3-5-13(14)19(20,21)22/h3-10,26H,2H2,1H3,(H,23,27)(H,24,25). The molecule has 8 heteroatoms. The average Bonchev–Trinajstić information content (AvgIpc) is 3.12. The van der Waals surface area contributed by atoms with Crippen molar-refractivity contribution in [3.8, 4) is 17.0 Å². The van der Waals surface area contributed by atoms with Gasteiger partial charge in [0.2, 0.25) is 0 Å². The minimum absolute atomic E-state index is 0.00641. The summed E-state index contributed by atoms with van der Waals surface area (Å²) in [7, 11) is 0. The van der Waals surface area contributed by atoms with E-state index in [1.54, 1.807) is 12.1 Å². The molecule has 0 spiro atoms. The molecule has 140 valence electrons. The van der Waals surface area contributed by atoms with Crippen LogP contribution in [-0.4, -0.2) is 21.2 Å². The molecule has 0 fully saturated rings. The Kier molecular flexibility index (Phi) is 4.89. The molecule has 1 heterocycles. The summed E-state index contributed by atoms with van der Waals surface area (Å²) in [4.78, 5) is 12.3. The van der Waals surface area contributed by atoms with Gasteiger partial charge >= 0.3 is 6.18 Å². The summed E-state index contributed by atoms with van der Waals surface area (Å²) in [6.07, 6.45) is -3.84. The molecule has 27 heavy (non-hydrogen) atoms. The highest BCUT2D eigenvalue weighted by Gasteiger charge is 2.33. The number of nitrogens with one attached hydrogen (secondary N) is 2. The molecule has 0 atom stereocenters. The van der Waals surface area contributed by atoms with Crippen LogP contribution in [0.25, 0.3) is 11.3 Å². The zero-order chi connectivity index (χ0) is 19.6. The van der Waals surface area contributed by atoms with E-state index < -0.39 is 17.6 Å². The second-order valence-electron chi connectivity index (χ2n) is 5.87. The Morgan fingerprint density at radius 3 is 2.63 bits per heavy atom. The maximum atomic E-state index is 13.0. The second-order valence-corrected chi connectivity index (χ2v) is 5.87. The van der Waals surface area contributed by atoms with E-state index in [9.17, 15) is 23.1 Å². The quantitative estimate of drug-likeness (QED) is 0.623. The van der Waals surface area contributed by atoms with Crippen molar-refractivity contribution < 1.29 is 23.1 Å². The number of aromatic hydroxyl groups is 1. The van der Waals surface area contributed by atoms with E-state index in [1.165, 1.54) is 30.3 Å². The van der Waals surface area contributed by atoms with Crippen molar-refractivity contribution in [1.82, 2.24) is 10.2 Å². The molecule has 0 aliphatic rings. The number of H-pyrrole nitrogens is 1. The third kappa shape index (κ3) is 3.94. The van der Waals surface area contributed by atoms with Gasteiger partial charge in [-0.05, 0) is 42.3 Å². The van der Waals surface area contributed by atoms with Gasteiger partial charge in [0, 0.05) is 5.56 Å². The predicted octanol–water partition coefficient (Wildman–Crippen LogP) is 4.62. The molecule has 2 aromatic carbocycles. The molecule has 0 bridgehead atoms. The van der Waals surface area contributed by atoms with Gasteiger partial charge in [0.15, 0.2) is 0 Å². The number of amides is 1. The first kappa shape index (κ1) is 18.5. The number of phenolic OH excluding ortho intramolecular Hbond substituents is 1. The van der Waals surface area contributed by atoms with E-state index in [0.717, 1.165) is 18.1 Å². The maximum absolute atomic E-state index is 13.0. The van der Waals surface area contributed by atoms with Crippen LogP contribution in [0, 0.1) is 0 Å². The van der Waals surface area contributed by atoms with Gasteiger partial charge in [0.05, 0.1) is 16.9 Å². The zero-order valence-corrected chi connectivity index (χ0v) is 14.3. The molecule has 5 nitrogen and oxygen atoms in total. The lowest BCUT2D eigenvalue weighted by atomic mass is 10.1. The van der Waals surface area contributed by atoms with Crippen LogP contribution in [0.3, 0.4) is 0 Å². The molecule has 1 aromatic heterocycles. The van der Waals surface area contributed by atoms with E-state index in [4.69, 9.17) is 0 Å². The average molecular weight is 375 g/mol. The number of hydrogen-bond acceptors (Lipinski definition) is 3. The summed E-state index contributed by atoms with van der Waals surface area (Å²) >= 11 is 0. The molecule has 3 rings (SSSR count). The lowest BCUT2D eigenvalue weighted by molar-refractivity contribution is -0.136. The van der Waals surface area contributed by atoms with Gasteiger partial charge in [-0.15, -0.1) is 0 Å². The topological polar surface area (TPSA) is 78.0 Å². The highest BCUT2D eigenvalue weighted by atomic mass is 19.4. The monoisotopic (exact) mass is 375 g/mol. The largest absolute Gasteiger partial charge is 0.507 e. The molecule has 3 aromatic rings. The summed E-state index contributed by atoms with van der Waals surface area (Å²) < 4.78 is 39.1. The molecule has 0 saturated heterocycles. The van der Waals surface area contributed by atoms with E-state index in [2.05, 4.69) is 15.5 Å². The number of anilines is 1. The predicted molar refractivity (Wildman–Crippen MR) is 94.5 cm³/mol. The lowest BCUT2D eigenvalue weighted by Gasteiger charge is -2.12. The molecular formula is C19H16F3N3O2. The fourth-order valence-corrected chi connectivity index (χ4v) is 2.61. The molecule has 1 amide bonds. The van der Waals surface area contributed by atoms with Crippen molar-refractivity contribution in [1.29, 1.82) is 0 Å². The number of benzene rings is 2. The number of nitrogens with zero attached hydrogens (tertiary/aromatic N) is 1. The Morgan fingerprint density at radius 2 is 1.93 bits per heavy atom. The molecule has 0 aliphatic heterocycles. The van der Waals surface area contributed by atoms with E-state index in [-0.39, 0.29) is 17.1 Å². The van der Waals surface area contributed by atoms with Crippen LogP contribution in [0.4, 0.5) is 18.9 Å². The Balaban J connectivity index is 1.87. The number of aromatic nitrogens is 2. The zero-order valence-electron chi connectivity index (χ0n) is 14.3. The second kappa shape index (κ2) is 7.14. The van der Waals surface area contributed by atoms with Crippen molar-refractivity contribution in [2.24, 2.45) is 0 Å². The van der Waals surface area contributed by atoms with Gasteiger partial charge in [-0.2, -0.15) is 18.3 Å². The van der Waals surface area contributed by atoms with Crippen molar-refractivity contribution in [3.05, 3.63) is 65.4 Å². The van der Waals surface area contributed by atoms with Gasteiger partial charge in [-0.1, -0.05) is 25.1 Å². The Morgan fingerprint density at radius 1 is 1.19 bits per heavy atom.